The Morgan fingerprint density at radius 2 is 1.73 bits per heavy atom. The minimum atomic E-state index is 0.963. The summed E-state index contributed by atoms with van der Waals surface area (Å²) >= 11 is 0. The Morgan fingerprint density at radius 1 is 1.13 bits per heavy atom. The minimum absolute atomic E-state index is 0.963. The van der Waals surface area contributed by atoms with Crippen molar-refractivity contribution in [2.24, 2.45) is 0 Å². The van der Waals surface area contributed by atoms with E-state index in [1.54, 1.807) is 0 Å². The van der Waals surface area contributed by atoms with Crippen LogP contribution in [0.3, 0.4) is 0 Å². The Hall–Kier alpha value is -0.600. The number of hydrogen-bond acceptors (Lipinski definition) is 2. The lowest BCUT2D eigenvalue weighted by atomic mass is 10.2. The summed E-state index contributed by atoms with van der Waals surface area (Å²) in [6.45, 7) is 12.6. The number of likely N-dealkylation sites (N-methyl/N-ethyl adjacent to an activating group) is 2. The van der Waals surface area contributed by atoms with Crippen molar-refractivity contribution in [2.75, 3.05) is 40.3 Å². The first kappa shape index (κ1) is 14.4. The van der Waals surface area contributed by atoms with Gasteiger partial charge >= 0.3 is 0 Å². The smallest absolute Gasteiger partial charge is 0.0225 e. The first-order chi connectivity index (χ1) is 7.10. The fraction of sp³-hybridized carbons (Fsp3) is 0.692. The maximum atomic E-state index is 4.01. The summed E-state index contributed by atoms with van der Waals surface area (Å²) < 4.78 is 0. The van der Waals surface area contributed by atoms with Crippen LogP contribution in [-0.4, -0.2) is 50.1 Å². The Balaban J connectivity index is 3.65. The lowest BCUT2D eigenvalue weighted by molar-refractivity contribution is 0.268. The normalized spacial score (nSPS) is 11.9. The summed E-state index contributed by atoms with van der Waals surface area (Å²) in [5.74, 6) is 0. The Morgan fingerprint density at radius 3 is 2.27 bits per heavy atom. The lowest BCUT2D eigenvalue weighted by Crippen LogP contribution is -2.32. The Labute approximate surface area is 95.3 Å². The highest BCUT2D eigenvalue weighted by Gasteiger charge is 2.01. The molecule has 0 aromatic carbocycles. The molecule has 0 radical (unpaired) electrons. The molecule has 0 aliphatic heterocycles. The van der Waals surface area contributed by atoms with Gasteiger partial charge in [0.05, 0.1) is 0 Å². The fourth-order valence-electron chi connectivity index (χ4n) is 1.55. The van der Waals surface area contributed by atoms with Gasteiger partial charge < -0.3 is 9.80 Å². The Bertz CT molecular complexity index is 197. The molecule has 0 rings (SSSR count). The topological polar surface area (TPSA) is 6.48 Å². The molecule has 0 bridgehead atoms. The largest absolute Gasteiger partial charge is 0.305 e. The van der Waals surface area contributed by atoms with Crippen LogP contribution in [0.5, 0.6) is 0 Å². The highest BCUT2D eigenvalue weighted by molar-refractivity contribution is 5.15. The second kappa shape index (κ2) is 8.69. The van der Waals surface area contributed by atoms with E-state index >= 15 is 0 Å². The van der Waals surface area contributed by atoms with E-state index in [4.69, 9.17) is 0 Å². The van der Waals surface area contributed by atoms with Gasteiger partial charge in [0.15, 0.2) is 0 Å². The van der Waals surface area contributed by atoms with E-state index < -0.39 is 0 Å². The molecule has 0 heterocycles. The molecule has 0 unspecified atom stereocenters. The van der Waals surface area contributed by atoms with Gasteiger partial charge in [0, 0.05) is 19.6 Å². The zero-order chi connectivity index (χ0) is 11.7. The first-order valence-corrected chi connectivity index (χ1v) is 5.77. The van der Waals surface area contributed by atoms with Crippen molar-refractivity contribution < 1.29 is 0 Å². The van der Waals surface area contributed by atoms with Gasteiger partial charge in [-0.3, -0.25) is 0 Å². The average Bonchev–Trinajstić information content (AvgIpc) is 2.15. The molecule has 0 fully saturated rings. The summed E-state index contributed by atoms with van der Waals surface area (Å²) in [7, 11) is 4.33. The van der Waals surface area contributed by atoms with Crippen molar-refractivity contribution >= 4 is 0 Å². The van der Waals surface area contributed by atoms with Crippen LogP contribution in [0.25, 0.3) is 0 Å². The summed E-state index contributed by atoms with van der Waals surface area (Å²) in [6.07, 6.45) is 5.34. The fourth-order valence-corrected chi connectivity index (χ4v) is 1.55. The van der Waals surface area contributed by atoms with Crippen molar-refractivity contribution in [3.63, 3.8) is 0 Å². The number of allylic oxidation sites excluding steroid dienone is 1. The molecule has 0 N–H and O–H groups in total. The van der Waals surface area contributed by atoms with Gasteiger partial charge in [0.2, 0.25) is 0 Å². The molecule has 15 heavy (non-hydrogen) atoms. The predicted molar refractivity (Wildman–Crippen MR) is 69.2 cm³/mol. The highest BCUT2D eigenvalue weighted by Crippen LogP contribution is 1.97. The molecule has 0 amide bonds. The zero-order valence-electron chi connectivity index (χ0n) is 10.8. The SMILES string of the molecule is C=C(/C=C\C)CN(C)CCN(C)CCC. The van der Waals surface area contributed by atoms with E-state index in [9.17, 15) is 0 Å². The van der Waals surface area contributed by atoms with Crippen LogP contribution in [0.15, 0.2) is 24.3 Å². The van der Waals surface area contributed by atoms with Crippen molar-refractivity contribution in [1.82, 2.24) is 9.80 Å². The number of nitrogens with zero attached hydrogens (tertiary/aromatic N) is 2. The number of hydrogen-bond donors (Lipinski definition) is 0. The quantitative estimate of drug-likeness (QED) is 0.568. The molecule has 0 aliphatic carbocycles. The van der Waals surface area contributed by atoms with Crippen molar-refractivity contribution in [3.8, 4) is 0 Å². The predicted octanol–water partition coefficient (Wildman–Crippen LogP) is 2.39. The second-order valence-electron chi connectivity index (χ2n) is 4.20. The van der Waals surface area contributed by atoms with Crippen molar-refractivity contribution in [1.29, 1.82) is 0 Å². The third kappa shape index (κ3) is 8.40. The molecule has 0 atom stereocenters. The molecule has 88 valence electrons. The van der Waals surface area contributed by atoms with Crippen LogP contribution in [0.4, 0.5) is 0 Å². The third-order valence-corrected chi connectivity index (χ3v) is 2.34. The standard InChI is InChI=1S/C13H26N2/c1-6-8-13(3)12-15(5)11-10-14(4)9-7-2/h6,8H,3,7,9-12H2,1-2,4-5H3/b8-6-. The summed E-state index contributed by atoms with van der Waals surface area (Å²) in [5, 5.41) is 0. The molecule has 2 nitrogen and oxygen atoms in total. The van der Waals surface area contributed by atoms with E-state index in [1.165, 1.54) is 18.5 Å². The van der Waals surface area contributed by atoms with Crippen molar-refractivity contribution in [3.05, 3.63) is 24.3 Å². The minimum Gasteiger partial charge on any atom is -0.305 e. The second-order valence-corrected chi connectivity index (χ2v) is 4.20. The van der Waals surface area contributed by atoms with E-state index in [-0.39, 0.29) is 0 Å². The molecule has 2 heteroatoms. The van der Waals surface area contributed by atoms with Gasteiger partial charge in [-0.2, -0.15) is 0 Å². The molecular weight excluding hydrogens is 184 g/mol. The maximum Gasteiger partial charge on any atom is 0.0225 e. The van der Waals surface area contributed by atoms with Gasteiger partial charge in [-0.25, -0.2) is 0 Å². The van der Waals surface area contributed by atoms with Crippen LogP contribution in [-0.2, 0) is 0 Å². The van der Waals surface area contributed by atoms with Crippen LogP contribution in [0.1, 0.15) is 20.3 Å². The van der Waals surface area contributed by atoms with Gasteiger partial charge in [-0.05, 0) is 39.6 Å². The van der Waals surface area contributed by atoms with Crippen LogP contribution < -0.4 is 0 Å². The molecule has 0 aromatic heterocycles. The zero-order valence-corrected chi connectivity index (χ0v) is 10.8. The van der Waals surface area contributed by atoms with Crippen LogP contribution >= 0.6 is 0 Å². The van der Waals surface area contributed by atoms with E-state index in [2.05, 4.69) is 43.5 Å². The molecule has 0 spiro atoms. The molecule has 0 saturated carbocycles. The van der Waals surface area contributed by atoms with Gasteiger partial charge in [-0.15, -0.1) is 0 Å². The first-order valence-electron chi connectivity index (χ1n) is 5.77. The van der Waals surface area contributed by atoms with E-state index in [0.29, 0.717) is 0 Å². The van der Waals surface area contributed by atoms with E-state index in [1.807, 2.05) is 13.0 Å². The molecule has 0 aromatic rings. The average molecular weight is 210 g/mol. The number of rotatable bonds is 8. The summed E-state index contributed by atoms with van der Waals surface area (Å²) in [5.41, 5.74) is 1.18. The molecule has 0 aliphatic rings. The van der Waals surface area contributed by atoms with E-state index in [0.717, 1.165) is 19.6 Å². The summed E-state index contributed by atoms with van der Waals surface area (Å²) in [6, 6.07) is 0. The van der Waals surface area contributed by atoms with Gasteiger partial charge in [-0.1, -0.05) is 25.7 Å². The lowest BCUT2D eigenvalue weighted by Gasteiger charge is -2.21. The molecule has 0 saturated heterocycles. The Kier molecular flexibility index (Phi) is 8.34. The summed E-state index contributed by atoms with van der Waals surface area (Å²) in [4.78, 5) is 4.68. The van der Waals surface area contributed by atoms with Crippen LogP contribution in [0, 0.1) is 0 Å². The van der Waals surface area contributed by atoms with Gasteiger partial charge in [0.1, 0.15) is 0 Å². The van der Waals surface area contributed by atoms with Crippen LogP contribution in [0.2, 0.25) is 0 Å². The van der Waals surface area contributed by atoms with Crippen molar-refractivity contribution in [2.45, 2.75) is 20.3 Å². The highest BCUT2D eigenvalue weighted by atomic mass is 15.2. The maximum absolute atomic E-state index is 4.01. The monoisotopic (exact) mass is 210 g/mol. The van der Waals surface area contributed by atoms with Gasteiger partial charge in [0.25, 0.3) is 0 Å². The molecular formula is C13H26N2. The third-order valence-electron chi connectivity index (χ3n) is 2.34.